The SMILES string of the molecule is Cc1ccc(S(=O)(=O)Nc2nc(CC(=O)N3CCc4ccccc4C3)cs2)cc1. The van der Waals surface area contributed by atoms with Crippen molar-refractivity contribution < 1.29 is 13.2 Å². The second-order valence-corrected chi connectivity index (χ2v) is 9.61. The number of carbonyl (C=O) groups is 1. The van der Waals surface area contributed by atoms with Crippen molar-refractivity contribution >= 4 is 32.4 Å². The fraction of sp³-hybridized carbons (Fsp3) is 0.238. The zero-order valence-electron chi connectivity index (χ0n) is 16.0. The number of sulfonamides is 1. The Bertz CT molecular complexity index is 1140. The van der Waals surface area contributed by atoms with Crippen molar-refractivity contribution in [3.63, 3.8) is 0 Å². The molecule has 1 N–H and O–H groups in total. The maximum Gasteiger partial charge on any atom is 0.263 e. The number of nitrogens with one attached hydrogen (secondary N) is 1. The summed E-state index contributed by atoms with van der Waals surface area (Å²) in [4.78, 5) is 19.0. The van der Waals surface area contributed by atoms with Gasteiger partial charge in [-0.25, -0.2) is 13.4 Å². The predicted octanol–water partition coefficient (Wildman–Crippen LogP) is 3.38. The van der Waals surface area contributed by atoms with E-state index in [1.165, 1.54) is 22.5 Å². The normalized spacial score (nSPS) is 13.8. The van der Waals surface area contributed by atoms with Crippen LogP contribution in [-0.4, -0.2) is 30.8 Å². The number of thiazole rings is 1. The minimum Gasteiger partial charge on any atom is -0.338 e. The van der Waals surface area contributed by atoms with Crippen molar-refractivity contribution in [1.29, 1.82) is 0 Å². The first-order valence-electron chi connectivity index (χ1n) is 9.29. The van der Waals surface area contributed by atoms with Gasteiger partial charge < -0.3 is 4.90 Å². The van der Waals surface area contributed by atoms with E-state index in [1.54, 1.807) is 29.6 Å². The Morgan fingerprint density at radius 3 is 2.62 bits per heavy atom. The molecule has 1 amide bonds. The molecule has 29 heavy (non-hydrogen) atoms. The summed E-state index contributed by atoms with van der Waals surface area (Å²) in [5, 5.41) is 1.99. The molecule has 0 radical (unpaired) electrons. The largest absolute Gasteiger partial charge is 0.338 e. The predicted molar refractivity (Wildman–Crippen MR) is 113 cm³/mol. The molecule has 0 spiro atoms. The minimum absolute atomic E-state index is 0.00209. The number of rotatable bonds is 5. The number of hydrogen-bond donors (Lipinski definition) is 1. The second kappa shape index (κ2) is 7.96. The van der Waals surface area contributed by atoms with Crippen molar-refractivity contribution in [3.8, 4) is 0 Å². The van der Waals surface area contributed by atoms with Gasteiger partial charge in [-0.15, -0.1) is 11.3 Å². The summed E-state index contributed by atoms with van der Waals surface area (Å²) < 4.78 is 27.5. The number of hydrogen-bond acceptors (Lipinski definition) is 5. The van der Waals surface area contributed by atoms with Gasteiger partial charge in [-0.2, -0.15) is 0 Å². The number of anilines is 1. The smallest absolute Gasteiger partial charge is 0.263 e. The van der Waals surface area contributed by atoms with Gasteiger partial charge in [0.1, 0.15) is 0 Å². The molecule has 1 aromatic heterocycles. The second-order valence-electron chi connectivity index (χ2n) is 7.07. The molecule has 8 heteroatoms. The lowest BCUT2D eigenvalue weighted by Gasteiger charge is -2.28. The lowest BCUT2D eigenvalue weighted by atomic mass is 10.00. The lowest BCUT2D eigenvalue weighted by Crippen LogP contribution is -2.36. The summed E-state index contributed by atoms with van der Waals surface area (Å²) in [6, 6.07) is 14.8. The van der Waals surface area contributed by atoms with Crippen LogP contribution in [0.4, 0.5) is 5.13 Å². The number of amides is 1. The van der Waals surface area contributed by atoms with Crippen LogP contribution in [-0.2, 0) is 34.2 Å². The minimum atomic E-state index is -3.70. The van der Waals surface area contributed by atoms with Crippen LogP contribution in [0.15, 0.2) is 58.8 Å². The summed E-state index contributed by atoms with van der Waals surface area (Å²) in [5.74, 6) is -0.00209. The summed E-state index contributed by atoms with van der Waals surface area (Å²) >= 11 is 1.18. The van der Waals surface area contributed by atoms with Gasteiger partial charge >= 0.3 is 0 Å². The third kappa shape index (κ3) is 4.49. The number of benzene rings is 2. The van der Waals surface area contributed by atoms with Gasteiger partial charge in [0, 0.05) is 18.5 Å². The van der Waals surface area contributed by atoms with Crippen LogP contribution in [0.5, 0.6) is 0 Å². The van der Waals surface area contributed by atoms with E-state index in [4.69, 9.17) is 0 Å². The maximum absolute atomic E-state index is 12.7. The standard InChI is InChI=1S/C21H21N3O3S2/c1-15-6-8-19(9-7-15)29(26,27)23-21-22-18(14-28-21)12-20(25)24-11-10-16-4-2-3-5-17(16)13-24/h2-9,14H,10-13H2,1H3,(H,22,23). The van der Waals surface area contributed by atoms with E-state index in [0.29, 0.717) is 18.8 Å². The molecule has 4 rings (SSSR count). The maximum atomic E-state index is 12.7. The third-order valence-electron chi connectivity index (χ3n) is 4.92. The van der Waals surface area contributed by atoms with Crippen molar-refractivity contribution in [2.24, 2.45) is 0 Å². The van der Waals surface area contributed by atoms with Crippen molar-refractivity contribution in [2.45, 2.75) is 31.2 Å². The Hall–Kier alpha value is -2.71. The van der Waals surface area contributed by atoms with Crippen LogP contribution in [0.3, 0.4) is 0 Å². The molecule has 0 saturated carbocycles. The van der Waals surface area contributed by atoms with E-state index in [-0.39, 0.29) is 22.4 Å². The van der Waals surface area contributed by atoms with Gasteiger partial charge in [0.05, 0.1) is 17.0 Å². The highest BCUT2D eigenvalue weighted by molar-refractivity contribution is 7.93. The first-order chi connectivity index (χ1) is 13.9. The van der Waals surface area contributed by atoms with Crippen molar-refractivity contribution in [1.82, 2.24) is 9.88 Å². The Labute approximate surface area is 174 Å². The number of carbonyl (C=O) groups excluding carboxylic acids is 1. The average molecular weight is 428 g/mol. The molecule has 150 valence electrons. The van der Waals surface area contributed by atoms with Gasteiger partial charge in [-0.05, 0) is 36.6 Å². The number of fused-ring (bicyclic) bond motifs is 1. The van der Waals surface area contributed by atoms with Crippen LogP contribution >= 0.6 is 11.3 Å². The van der Waals surface area contributed by atoms with Gasteiger partial charge in [0.15, 0.2) is 5.13 Å². The van der Waals surface area contributed by atoms with Crippen molar-refractivity contribution in [2.75, 3.05) is 11.3 Å². The summed E-state index contributed by atoms with van der Waals surface area (Å²) in [6.07, 6.45) is 1.01. The van der Waals surface area contributed by atoms with Gasteiger partial charge in [-0.3, -0.25) is 9.52 Å². The zero-order valence-corrected chi connectivity index (χ0v) is 17.6. The first-order valence-corrected chi connectivity index (χ1v) is 11.7. The molecule has 2 aromatic carbocycles. The molecule has 0 fully saturated rings. The van der Waals surface area contributed by atoms with E-state index >= 15 is 0 Å². The molecular formula is C21H21N3O3S2. The van der Waals surface area contributed by atoms with Crippen LogP contribution in [0.25, 0.3) is 0 Å². The fourth-order valence-corrected chi connectivity index (χ4v) is 5.26. The van der Waals surface area contributed by atoms with E-state index < -0.39 is 10.0 Å². The Morgan fingerprint density at radius 2 is 1.86 bits per heavy atom. The number of aromatic nitrogens is 1. The molecule has 1 aliphatic heterocycles. The third-order valence-corrected chi connectivity index (χ3v) is 7.21. The van der Waals surface area contributed by atoms with E-state index in [9.17, 15) is 13.2 Å². The molecular weight excluding hydrogens is 406 g/mol. The molecule has 0 unspecified atom stereocenters. The van der Waals surface area contributed by atoms with Gasteiger partial charge in [0.2, 0.25) is 5.91 Å². The monoisotopic (exact) mass is 427 g/mol. The highest BCUT2D eigenvalue weighted by atomic mass is 32.2. The Kier molecular flexibility index (Phi) is 5.38. The molecule has 0 bridgehead atoms. The van der Waals surface area contributed by atoms with Crippen LogP contribution in [0.1, 0.15) is 22.4 Å². The van der Waals surface area contributed by atoms with E-state index in [0.717, 1.165) is 12.0 Å². The van der Waals surface area contributed by atoms with Crippen molar-refractivity contribution in [3.05, 3.63) is 76.3 Å². The number of aryl methyl sites for hydroxylation is 1. The zero-order chi connectivity index (χ0) is 20.4. The van der Waals surface area contributed by atoms with E-state index in [2.05, 4.69) is 21.8 Å². The summed E-state index contributed by atoms with van der Waals surface area (Å²) in [6.45, 7) is 3.19. The molecule has 3 aromatic rings. The first kappa shape index (κ1) is 19.6. The fourth-order valence-electron chi connectivity index (χ4n) is 3.30. The average Bonchev–Trinajstić information content (AvgIpc) is 3.13. The van der Waals surface area contributed by atoms with E-state index in [1.807, 2.05) is 24.0 Å². The van der Waals surface area contributed by atoms with Gasteiger partial charge in [0.25, 0.3) is 10.0 Å². The highest BCUT2D eigenvalue weighted by Gasteiger charge is 2.22. The Morgan fingerprint density at radius 1 is 1.14 bits per heavy atom. The molecule has 2 heterocycles. The van der Waals surface area contributed by atoms with Crippen LogP contribution in [0.2, 0.25) is 0 Å². The molecule has 6 nitrogen and oxygen atoms in total. The topological polar surface area (TPSA) is 79.4 Å². The molecule has 0 saturated heterocycles. The molecule has 1 aliphatic rings. The highest BCUT2D eigenvalue weighted by Crippen LogP contribution is 2.23. The van der Waals surface area contributed by atoms with Gasteiger partial charge in [-0.1, -0.05) is 42.0 Å². The summed E-state index contributed by atoms with van der Waals surface area (Å²) in [5.41, 5.74) is 4.02. The van der Waals surface area contributed by atoms with Crippen LogP contribution < -0.4 is 4.72 Å². The molecule has 0 aliphatic carbocycles. The summed E-state index contributed by atoms with van der Waals surface area (Å²) in [7, 11) is -3.70. The quantitative estimate of drug-likeness (QED) is 0.677. The molecule has 0 atom stereocenters. The Balaban J connectivity index is 1.40. The van der Waals surface area contributed by atoms with Crippen LogP contribution in [0, 0.1) is 6.92 Å². The lowest BCUT2D eigenvalue weighted by molar-refractivity contribution is -0.131. The number of nitrogens with zero attached hydrogens (tertiary/aromatic N) is 2.